The van der Waals surface area contributed by atoms with Gasteiger partial charge >= 0.3 is 5.97 Å². The van der Waals surface area contributed by atoms with Crippen LogP contribution in [0, 0.1) is 0 Å². The van der Waals surface area contributed by atoms with Crippen molar-refractivity contribution in [3.05, 3.63) is 48.0 Å². The zero-order valence-electron chi connectivity index (χ0n) is 8.92. The van der Waals surface area contributed by atoms with Crippen LogP contribution in [0.25, 0.3) is 11.1 Å². The smallest absolute Gasteiger partial charge is 0.339 e. The second kappa shape index (κ2) is 4.17. The van der Waals surface area contributed by atoms with Gasteiger partial charge in [-0.15, -0.1) is 0 Å². The minimum absolute atomic E-state index is 0.120. The van der Waals surface area contributed by atoms with Crippen molar-refractivity contribution in [3.63, 3.8) is 0 Å². The van der Waals surface area contributed by atoms with Crippen LogP contribution in [-0.2, 0) is 0 Å². The van der Waals surface area contributed by atoms with Crippen LogP contribution in [0.15, 0.2) is 42.5 Å². The lowest BCUT2D eigenvalue weighted by atomic mass is 10.0. The van der Waals surface area contributed by atoms with Gasteiger partial charge in [0.2, 0.25) is 0 Å². The van der Waals surface area contributed by atoms with E-state index >= 15 is 0 Å². The molecule has 17 heavy (non-hydrogen) atoms. The summed E-state index contributed by atoms with van der Waals surface area (Å²) < 4.78 is 0. The second-order valence-electron chi connectivity index (χ2n) is 3.63. The van der Waals surface area contributed by atoms with E-state index in [2.05, 4.69) is 0 Å². The van der Waals surface area contributed by atoms with Crippen molar-refractivity contribution in [1.29, 1.82) is 0 Å². The third-order valence-corrected chi connectivity index (χ3v) is 2.46. The third kappa shape index (κ3) is 2.06. The maximum absolute atomic E-state index is 10.9. The Kier molecular flexibility index (Phi) is 2.70. The van der Waals surface area contributed by atoms with E-state index in [-0.39, 0.29) is 11.3 Å². The fourth-order valence-electron chi connectivity index (χ4n) is 1.66. The molecule has 2 aromatic carbocycles. The minimum Gasteiger partial charge on any atom is -0.506 e. The van der Waals surface area contributed by atoms with E-state index in [9.17, 15) is 9.90 Å². The molecule has 0 aliphatic heterocycles. The summed E-state index contributed by atoms with van der Waals surface area (Å²) in [6.07, 6.45) is 0. The molecule has 2 aromatic rings. The average Bonchev–Trinajstić information content (AvgIpc) is 2.29. The Bertz CT molecular complexity index is 579. The lowest BCUT2D eigenvalue weighted by Gasteiger charge is -2.07. The van der Waals surface area contributed by atoms with Gasteiger partial charge in [0.15, 0.2) is 0 Å². The van der Waals surface area contributed by atoms with Crippen LogP contribution >= 0.6 is 0 Å². The number of nitrogen functional groups attached to an aromatic ring is 1. The summed E-state index contributed by atoms with van der Waals surface area (Å²) in [5, 5.41) is 18.8. The maximum atomic E-state index is 10.9. The number of nitrogens with two attached hydrogens (primary N) is 1. The maximum Gasteiger partial charge on any atom is 0.339 e. The van der Waals surface area contributed by atoms with Gasteiger partial charge in [-0.05, 0) is 23.8 Å². The molecule has 0 atom stereocenters. The van der Waals surface area contributed by atoms with Crippen molar-refractivity contribution in [1.82, 2.24) is 0 Å². The van der Waals surface area contributed by atoms with Gasteiger partial charge in [-0.3, -0.25) is 0 Å². The average molecular weight is 229 g/mol. The molecular weight excluding hydrogens is 218 g/mol. The van der Waals surface area contributed by atoms with Crippen LogP contribution in [0.1, 0.15) is 10.4 Å². The fraction of sp³-hybridized carbons (Fsp3) is 0. The van der Waals surface area contributed by atoms with Crippen molar-refractivity contribution in [3.8, 4) is 16.9 Å². The van der Waals surface area contributed by atoms with Crippen molar-refractivity contribution >= 4 is 11.7 Å². The Morgan fingerprint density at radius 2 is 1.82 bits per heavy atom. The van der Waals surface area contributed by atoms with Crippen LogP contribution < -0.4 is 5.73 Å². The Morgan fingerprint density at radius 1 is 1.12 bits per heavy atom. The molecule has 2 rings (SSSR count). The van der Waals surface area contributed by atoms with Gasteiger partial charge < -0.3 is 15.9 Å². The number of hydrogen-bond donors (Lipinski definition) is 3. The van der Waals surface area contributed by atoms with Gasteiger partial charge in [0, 0.05) is 11.3 Å². The first-order valence-corrected chi connectivity index (χ1v) is 5.01. The summed E-state index contributed by atoms with van der Waals surface area (Å²) in [7, 11) is 0. The topological polar surface area (TPSA) is 83.6 Å². The predicted molar refractivity (Wildman–Crippen MR) is 64.9 cm³/mol. The zero-order chi connectivity index (χ0) is 12.4. The minimum atomic E-state index is -1.16. The third-order valence-electron chi connectivity index (χ3n) is 2.46. The van der Waals surface area contributed by atoms with Crippen LogP contribution in [0.5, 0.6) is 5.75 Å². The number of hydrogen-bond acceptors (Lipinski definition) is 3. The summed E-state index contributed by atoms with van der Waals surface area (Å²) in [5.41, 5.74) is 7.22. The number of aromatic hydroxyl groups is 1. The highest BCUT2D eigenvalue weighted by Gasteiger charge is 2.13. The monoisotopic (exact) mass is 229 g/mol. The number of carboxylic acids is 1. The quantitative estimate of drug-likeness (QED) is 0.690. The molecular formula is C13H11NO3. The molecule has 0 heterocycles. The summed E-state index contributed by atoms with van der Waals surface area (Å²) in [6, 6.07) is 11.5. The van der Waals surface area contributed by atoms with Crippen molar-refractivity contribution < 1.29 is 15.0 Å². The van der Waals surface area contributed by atoms with Crippen LogP contribution in [-0.4, -0.2) is 16.2 Å². The van der Waals surface area contributed by atoms with Gasteiger partial charge in [0.25, 0.3) is 0 Å². The first-order valence-electron chi connectivity index (χ1n) is 5.01. The van der Waals surface area contributed by atoms with E-state index in [0.29, 0.717) is 16.8 Å². The zero-order valence-corrected chi connectivity index (χ0v) is 8.92. The molecule has 0 bridgehead atoms. The number of rotatable bonds is 2. The van der Waals surface area contributed by atoms with Gasteiger partial charge in [0.1, 0.15) is 11.3 Å². The second-order valence-corrected chi connectivity index (χ2v) is 3.63. The molecule has 0 saturated heterocycles. The normalized spacial score (nSPS) is 10.1. The predicted octanol–water partition coefficient (Wildman–Crippen LogP) is 2.34. The van der Waals surface area contributed by atoms with Crippen molar-refractivity contribution in [2.24, 2.45) is 0 Å². The molecule has 0 fully saturated rings. The highest BCUT2D eigenvalue weighted by Crippen LogP contribution is 2.32. The Morgan fingerprint density at radius 3 is 2.47 bits per heavy atom. The van der Waals surface area contributed by atoms with Crippen LogP contribution in [0.3, 0.4) is 0 Å². The number of para-hydroxylation sites is 1. The van der Waals surface area contributed by atoms with E-state index < -0.39 is 5.97 Å². The first-order chi connectivity index (χ1) is 8.09. The molecule has 4 nitrogen and oxygen atoms in total. The molecule has 0 radical (unpaired) electrons. The lowest BCUT2D eigenvalue weighted by molar-refractivity contribution is 0.0694. The number of anilines is 1. The Hall–Kier alpha value is -2.49. The number of aromatic carboxylic acids is 1. The van der Waals surface area contributed by atoms with E-state index in [1.807, 2.05) is 0 Å². The molecule has 0 unspecified atom stereocenters. The van der Waals surface area contributed by atoms with E-state index in [4.69, 9.17) is 10.8 Å². The molecule has 0 amide bonds. The van der Waals surface area contributed by atoms with Gasteiger partial charge in [-0.25, -0.2) is 4.79 Å². The van der Waals surface area contributed by atoms with Gasteiger partial charge in [-0.2, -0.15) is 0 Å². The van der Waals surface area contributed by atoms with Crippen molar-refractivity contribution in [2.75, 3.05) is 5.73 Å². The van der Waals surface area contributed by atoms with Gasteiger partial charge in [-0.1, -0.05) is 24.3 Å². The SMILES string of the molecule is Nc1cccc(-c2cccc(C(=O)O)c2O)c1. The Labute approximate surface area is 97.9 Å². The molecule has 0 aliphatic carbocycles. The fourth-order valence-corrected chi connectivity index (χ4v) is 1.66. The van der Waals surface area contributed by atoms with Gasteiger partial charge in [0.05, 0.1) is 0 Å². The molecule has 0 aliphatic rings. The largest absolute Gasteiger partial charge is 0.506 e. The van der Waals surface area contributed by atoms with E-state index in [0.717, 1.165) is 0 Å². The standard InChI is InChI=1S/C13H11NO3/c14-9-4-1-3-8(7-9)10-5-2-6-11(12(10)15)13(16)17/h1-7,15H,14H2,(H,16,17). The molecule has 4 N–H and O–H groups in total. The number of carboxylic acid groups (broad SMARTS) is 1. The lowest BCUT2D eigenvalue weighted by Crippen LogP contribution is -1.97. The highest BCUT2D eigenvalue weighted by molar-refractivity contribution is 5.94. The molecule has 4 heteroatoms. The summed E-state index contributed by atoms with van der Waals surface area (Å²) in [6.45, 7) is 0. The first kappa shape index (κ1) is 11.0. The number of benzene rings is 2. The van der Waals surface area contributed by atoms with E-state index in [1.54, 1.807) is 36.4 Å². The molecule has 86 valence electrons. The molecule has 0 aromatic heterocycles. The summed E-state index contributed by atoms with van der Waals surface area (Å²) in [5.74, 6) is -1.40. The van der Waals surface area contributed by atoms with Crippen LogP contribution in [0.4, 0.5) is 5.69 Å². The molecule has 0 saturated carbocycles. The summed E-state index contributed by atoms with van der Waals surface area (Å²) in [4.78, 5) is 10.9. The van der Waals surface area contributed by atoms with Crippen LogP contribution in [0.2, 0.25) is 0 Å². The Balaban J connectivity index is 2.60. The number of carbonyl (C=O) groups is 1. The van der Waals surface area contributed by atoms with Crippen molar-refractivity contribution in [2.45, 2.75) is 0 Å². The summed E-state index contributed by atoms with van der Waals surface area (Å²) >= 11 is 0. The highest BCUT2D eigenvalue weighted by atomic mass is 16.4. The van der Waals surface area contributed by atoms with E-state index in [1.165, 1.54) is 6.07 Å². The molecule has 0 spiro atoms. The number of phenols is 1.